The highest BCUT2D eigenvalue weighted by atomic mass is 16.3. The zero-order valence-electron chi connectivity index (χ0n) is 76.3. The van der Waals surface area contributed by atoms with Crippen LogP contribution in [-0.2, 0) is 21.7 Å². The Kier molecular flexibility index (Phi) is 18.4. The summed E-state index contributed by atoms with van der Waals surface area (Å²) in [7, 11) is 0. The minimum atomic E-state index is -0.264. The molecule has 0 N–H and O–H groups in total. The van der Waals surface area contributed by atoms with Crippen LogP contribution in [0.3, 0.4) is 0 Å². The van der Waals surface area contributed by atoms with Crippen molar-refractivity contribution in [2.75, 3.05) is 9.80 Å². The van der Waals surface area contributed by atoms with E-state index in [1.165, 1.54) is 167 Å². The third kappa shape index (κ3) is 12.9. The maximum absolute atomic E-state index is 6.56. The lowest BCUT2D eigenvalue weighted by atomic mass is 9.81. The van der Waals surface area contributed by atoms with E-state index < -0.39 is 0 Å². The first-order chi connectivity index (χ1) is 65.4. The first kappa shape index (κ1) is 80.0. The monoisotopic (exact) mass is 1720 g/mol. The summed E-state index contributed by atoms with van der Waals surface area (Å²) in [5, 5.41) is 7.10. The van der Waals surface area contributed by atoms with Crippen molar-refractivity contribution < 1.29 is 8.83 Å². The number of rotatable bonds is 13. The molecule has 2 aromatic heterocycles. The van der Waals surface area contributed by atoms with Gasteiger partial charge in [-0.3, -0.25) is 0 Å². The number of anilines is 6. The fourth-order valence-corrected chi connectivity index (χ4v) is 22.8. The molecule has 2 heterocycles. The zero-order valence-corrected chi connectivity index (χ0v) is 76.3. The maximum Gasteiger partial charge on any atom is 0.143 e. The van der Waals surface area contributed by atoms with E-state index in [9.17, 15) is 0 Å². The number of nitrogens with zero attached hydrogens (tertiary/aromatic N) is 2. The van der Waals surface area contributed by atoms with Crippen molar-refractivity contribution in [1.82, 2.24) is 0 Å². The molecule has 4 heteroatoms. The van der Waals surface area contributed by atoms with Gasteiger partial charge in [0.05, 0.1) is 0 Å². The lowest BCUT2D eigenvalue weighted by Gasteiger charge is -2.31. The molecular weight excluding hydrogens is 1620 g/mol. The van der Waals surface area contributed by atoms with Gasteiger partial charge in [-0.05, 0) is 276 Å². The van der Waals surface area contributed by atoms with Crippen LogP contribution < -0.4 is 9.80 Å². The van der Waals surface area contributed by atoms with Crippen molar-refractivity contribution in [3.8, 4) is 122 Å². The first-order valence-corrected chi connectivity index (χ1v) is 47.0. The van der Waals surface area contributed by atoms with Gasteiger partial charge >= 0.3 is 0 Å². The second-order valence-electron chi connectivity index (χ2n) is 39.0. The average molecular weight is 1720 g/mol. The van der Waals surface area contributed by atoms with Gasteiger partial charge in [-0.1, -0.05) is 383 Å². The number of benzene rings is 20. The van der Waals surface area contributed by atoms with Crippen LogP contribution in [0.5, 0.6) is 0 Å². The van der Waals surface area contributed by atoms with Crippen molar-refractivity contribution >= 4 is 88.8 Å². The second kappa shape index (κ2) is 30.8. The molecule has 134 heavy (non-hydrogen) atoms. The lowest BCUT2D eigenvalue weighted by Crippen LogP contribution is -2.19. The van der Waals surface area contributed by atoms with Gasteiger partial charge < -0.3 is 18.6 Å². The summed E-state index contributed by atoms with van der Waals surface area (Å²) >= 11 is 0. The summed E-state index contributed by atoms with van der Waals surface area (Å²) in [5.41, 5.74) is 47.6. The van der Waals surface area contributed by atoms with Crippen LogP contribution >= 0.6 is 0 Å². The quantitative estimate of drug-likeness (QED) is 0.115. The topological polar surface area (TPSA) is 32.8 Å². The second-order valence-corrected chi connectivity index (χ2v) is 39.0. The van der Waals surface area contributed by atoms with Crippen molar-refractivity contribution in [2.45, 2.75) is 77.0 Å². The van der Waals surface area contributed by atoms with Gasteiger partial charge in [0, 0.05) is 88.5 Å². The molecule has 0 unspecified atom stereocenters. The zero-order chi connectivity index (χ0) is 90.0. The Morgan fingerprint density at radius 2 is 0.396 bits per heavy atom. The third-order valence-electron chi connectivity index (χ3n) is 30.0. The predicted molar refractivity (Wildman–Crippen MR) is 563 cm³/mol. The van der Waals surface area contributed by atoms with Gasteiger partial charge in [-0.25, -0.2) is 0 Å². The smallest absolute Gasteiger partial charge is 0.143 e. The molecule has 22 aromatic rings. The first-order valence-electron chi connectivity index (χ1n) is 47.0. The minimum Gasteiger partial charge on any atom is -0.455 e. The highest BCUT2D eigenvalue weighted by Crippen LogP contribution is 2.59. The summed E-state index contributed by atoms with van der Waals surface area (Å²) in [6.07, 6.45) is 0. The van der Waals surface area contributed by atoms with Crippen LogP contribution in [0.1, 0.15) is 99.9 Å². The van der Waals surface area contributed by atoms with E-state index in [0.717, 1.165) is 89.1 Å². The number of para-hydroxylation sites is 4. The third-order valence-corrected chi connectivity index (χ3v) is 30.0. The summed E-state index contributed by atoms with van der Waals surface area (Å²) in [4.78, 5) is 4.93. The molecule has 0 fully saturated rings. The van der Waals surface area contributed by atoms with E-state index in [2.05, 4.69) is 490 Å². The van der Waals surface area contributed by atoms with Gasteiger partial charge in [-0.15, -0.1) is 0 Å². The Morgan fingerprint density at radius 3 is 0.776 bits per heavy atom. The fourth-order valence-electron chi connectivity index (χ4n) is 22.8. The Morgan fingerprint density at radius 1 is 0.157 bits per heavy atom. The summed E-state index contributed by atoms with van der Waals surface area (Å²) < 4.78 is 13.1. The van der Waals surface area contributed by atoms with Crippen LogP contribution in [0.25, 0.3) is 177 Å². The van der Waals surface area contributed by atoms with Crippen molar-refractivity contribution in [1.29, 1.82) is 0 Å². The van der Waals surface area contributed by atoms with Gasteiger partial charge in [0.25, 0.3) is 0 Å². The Hall–Kier alpha value is -16.1. The molecule has 0 aliphatic heterocycles. The Bertz CT molecular complexity index is 8360. The molecule has 0 amide bonds. The van der Waals surface area contributed by atoms with E-state index in [1.807, 2.05) is 12.1 Å². The molecule has 0 spiro atoms. The summed E-state index contributed by atoms with van der Waals surface area (Å²) in [6, 6.07) is 161. The summed E-state index contributed by atoms with van der Waals surface area (Å²) in [6.45, 7) is 19.1. The largest absolute Gasteiger partial charge is 0.455 e. The molecule has 20 aromatic carbocycles. The van der Waals surface area contributed by atoms with Crippen LogP contribution in [0.4, 0.5) is 34.1 Å². The average Bonchev–Trinajstić information content (AvgIpc) is 1.62. The molecule has 638 valence electrons. The number of hydrogen-bond acceptors (Lipinski definition) is 4. The molecule has 0 radical (unpaired) electrons. The Labute approximate surface area is 782 Å². The summed E-state index contributed by atoms with van der Waals surface area (Å²) in [5.74, 6) is 0. The van der Waals surface area contributed by atoms with Gasteiger partial charge in [0.1, 0.15) is 22.3 Å². The molecule has 4 nitrogen and oxygen atoms in total. The van der Waals surface area contributed by atoms with Crippen molar-refractivity contribution in [2.24, 2.45) is 0 Å². The number of fused-ring (bicyclic) bond motifs is 19. The number of hydrogen-bond donors (Lipinski definition) is 0. The molecule has 4 aliphatic rings. The highest BCUT2D eigenvalue weighted by molar-refractivity contribution is 6.12. The van der Waals surface area contributed by atoms with E-state index in [-0.39, 0.29) is 21.7 Å². The molecule has 0 saturated carbocycles. The normalized spacial score (nSPS) is 13.9. The molecule has 0 bridgehead atoms. The molecule has 4 aliphatic carbocycles. The van der Waals surface area contributed by atoms with Gasteiger partial charge in [0.2, 0.25) is 0 Å². The van der Waals surface area contributed by atoms with Crippen molar-refractivity contribution in [3.05, 3.63) is 481 Å². The lowest BCUT2D eigenvalue weighted by molar-refractivity contribution is 0.659. The number of furan rings is 2. The highest BCUT2D eigenvalue weighted by Gasteiger charge is 2.42. The van der Waals surface area contributed by atoms with E-state index in [0.29, 0.717) is 0 Å². The molecule has 0 saturated heterocycles. The van der Waals surface area contributed by atoms with E-state index in [1.54, 1.807) is 0 Å². The minimum absolute atomic E-state index is 0.207. The fraction of sp³-hybridized carbons (Fsp3) is 0.0923. The predicted octanol–water partition coefficient (Wildman–Crippen LogP) is 36.2. The van der Waals surface area contributed by atoms with Gasteiger partial charge in [0.15, 0.2) is 0 Å². The van der Waals surface area contributed by atoms with Crippen LogP contribution in [0.2, 0.25) is 0 Å². The molecule has 0 atom stereocenters. The SMILES string of the molecule is CC1(C)c2cc(-c3cccc4c3oc3ccccc34)ccc2-c2ccc(N(c3ccc(-c4ccc(-c5ccccc5)cc4)cc3)c3ccc(-c4cccc5ccccc45)cc3)cc21.CC1(C)c2cc(-c3ccccc3)ccc2-c2ccc(N(c3ccc4c(c3)C(C)(C)c3cc(-c5ccccc5)ccc3-4)c3ccc4c(c3)C(C)(C)c3cc(-c5cccc6c5oc5ccccc56)ccc3-4)cc21. The molecule has 26 rings (SSSR count). The van der Waals surface area contributed by atoms with Crippen LogP contribution in [-0.4, -0.2) is 0 Å². The van der Waals surface area contributed by atoms with Crippen molar-refractivity contribution in [3.63, 3.8) is 0 Å². The van der Waals surface area contributed by atoms with E-state index in [4.69, 9.17) is 8.83 Å². The van der Waals surface area contributed by atoms with E-state index >= 15 is 0 Å². The van der Waals surface area contributed by atoms with Crippen LogP contribution in [0, 0.1) is 0 Å². The van der Waals surface area contributed by atoms with Crippen LogP contribution in [0.15, 0.2) is 446 Å². The standard InChI is InChI=1S/C69H53NO.C61H43NO/c1-67(2)59-36-44(42-16-9-7-10-17-42)24-30-51(59)54-33-27-47(39-62(54)67)70(48-28-34-55-52-31-25-45(43-18-11-8-12-19-43)37-60(52)68(3,4)63(55)40-48)49-29-35-56-53-32-26-46(38-61(53)69(5,6)64(56)41-49)50-21-15-22-58-57-20-13-14-23-65(57)71-66(50)58;1-61(2)57-38-46(52-19-11-20-56-55-17-8-9-21-59(55)63-60(52)56)30-36-53(57)54-37-35-49(39-58(54)61)62(48-33-28-45(29-34-48)51-18-10-15-44-14-6-7-16-50(44)51)47-31-26-43(27-32-47)42-24-22-41(23-25-42)40-12-4-3-5-13-40/h7-41H,1-6H3;3-39H,1-2H3. The molecular formula is C130H96N2O2. The maximum atomic E-state index is 6.56. The van der Waals surface area contributed by atoms with Gasteiger partial charge in [-0.2, -0.15) is 0 Å². The Balaban J connectivity index is 0.000000144.